The first-order valence-corrected chi connectivity index (χ1v) is 11.2. The number of aryl methyl sites for hydroxylation is 1. The minimum Gasteiger partial charge on any atom is -0.487 e. The Kier molecular flexibility index (Phi) is 5.88. The molecule has 0 saturated carbocycles. The smallest absolute Gasteiger partial charge is 0.251 e. The average Bonchev–Trinajstić information content (AvgIpc) is 2.67. The van der Waals surface area contributed by atoms with Crippen molar-refractivity contribution in [3.63, 3.8) is 0 Å². The molecule has 2 aliphatic rings. The van der Waals surface area contributed by atoms with Crippen LogP contribution in [0.3, 0.4) is 0 Å². The van der Waals surface area contributed by atoms with Gasteiger partial charge in [-0.1, -0.05) is 31.2 Å². The van der Waals surface area contributed by atoms with Crippen LogP contribution in [0.15, 0.2) is 42.5 Å². The van der Waals surface area contributed by atoms with Gasteiger partial charge in [-0.2, -0.15) is 0 Å². The molecule has 1 N–H and O–H groups in total. The number of likely N-dealkylation sites (tertiary alicyclic amines) is 1. The van der Waals surface area contributed by atoms with E-state index in [-0.39, 0.29) is 17.6 Å². The molecule has 1 fully saturated rings. The van der Waals surface area contributed by atoms with Gasteiger partial charge >= 0.3 is 0 Å². The van der Waals surface area contributed by atoms with Crippen LogP contribution in [-0.4, -0.2) is 29.5 Å². The second-order valence-electron chi connectivity index (χ2n) is 9.81. The van der Waals surface area contributed by atoms with Crippen molar-refractivity contribution >= 4 is 5.91 Å². The zero-order valence-corrected chi connectivity index (χ0v) is 18.7. The number of carbonyl (C=O) groups is 1. The Morgan fingerprint density at radius 3 is 2.70 bits per heavy atom. The van der Waals surface area contributed by atoms with Gasteiger partial charge in [-0.15, -0.1) is 0 Å². The third-order valence-electron chi connectivity index (χ3n) is 6.30. The molecular formula is C26H34N2O2. The monoisotopic (exact) mass is 406 g/mol. The molecule has 4 nitrogen and oxygen atoms in total. The number of hydrogen-bond donors (Lipinski definition) is 1. The summed E-state index contributed by atoms with van der Waals surface area (Å²) in [6, 6.07) is 14.3. The van der Waals surface area contributed by atoms with Crippen molar-refractivity contribution in [1.29, 1.82) is 0 Å². The Morgan fingerprint density at radius 2 is 1.97 bits per heavy atom. The van der Waals surface area contributed by atoms with Crippen LogP contribution in [0.4, 0.5) is 0 Å². The molecule has 0 unspecified atom stereocenters. The van der Waals surface area contributed by atoms with E-state index in [2.05, 4.69) is 68.2 Å². The number of piperidine rings is 1. The minimum absolute atomic E-state index is 0.0256. The Bertz CT molecular complexity index is 904. The molecule has 0 aliphatic carbocycles. The number of rotatable bonds is 4. The average molecular weight is 407 g/mol. The summed E-state index contributed by atoms with van der Waals surface area (Å²) in [5, 5.41) is 3.24. The van der Waals surface area contributed by atoms with Gasteiger partial charge in [0.2, 0.25) is 0 Å². The maximum atomic E-state index is 13.0. The van der Waals surface area contributed by atoms with Gasteiger partial charge in [-0.3, -0.25) is 9.69 Å². The number of nitrogens with one attached hydrogen (secondary N) is 1. The summed E-state index contributed by atoms with van der Waals surface area (Å²) < 4.78 is 6.16. The van der Waals surface area contributed by atoms with Crippen LogP contribution in [0.5, 0.6) is 5.75 Å². The third-order valence-corrected chi connectivity index (χ3v) is 6.30. The van der Waals surface area contributed by atoms with Crippen LogP contribution in [0.2, 0.25) is 0 Å². The zero-order chi connectivity index (χ0) is 21.3. The molecule has 2 aromatic rings. The standard InChI is InChI=1S/C26H34N2O2/c1-18-7-12-22-23(15-26(3,4)30-24(22)14-18)27-25(29)21-10-8-20(9-11-21)17-28-13-5-6-19(2)16-28/h7-12,14,19,23H,5-6,13,15-17H2,1-4H3,(H,27,29)/t19-,23+/m1/s1. The van der Waals surface area contributed by atoms with Gasteiger partial charge < -0.3 is 10.1 Å². The molecule has 1 saturated heterocycles. The number of benzene rings is 2. The van der Waals surface area contributed by atoms with Crippen molar-refractivity contribution in [2.45, 2.75) is 65.1 Å². The molecule has 30 heavy (non-hydrogen) atoms. The number of nitrogens with zero attached hydrogens (tertiary/aromatic N) is 1. The number of carbonyl (C=O) groups excluding carboxylic acids is 1. The molecular weight excluding hydrogens is 372 g/mol. The summed E-state index contributed by atoms with van der Waals surface area (Å²) in [6.45, 7) is 11.8. The molecule has 0 radical (unpaired) electrons. The molecule has 160 valence electrons. The highest BCUT2D eigenvalue weighted by molar-refractivity contribution is 5.94. The lowest BCUT2D eigenvalue weighted by Crippen LogP contribution is -2.41. The second kappa shape index (κ2) is 8.43. The first-order valence-electron chi connectivity index (χ1n) is 11.2. The van der Waals surface area contributed by atoms with Gasteiger partial charge in [0.05, 0.1) is 6.04 Å². The first-order chi connectivity index (χ1) is 14.3. The van der Waals surface area contributed by atoms with E-state index in [9.17, 15) is 4.79 Å². The maximum absolute atomic E-state index is 13.0. The molecule has 2 aliphatic heterocycles. The minimum atomic E-state index is -0.311. The third kappa shape index (κ3) is 4.86. The van der Waals surface area contributed by atoms with Crippen LogP contribution in [0, 0.1) is 12.8 Å². The van der Waals surface area contributed by atoms with Crippen LogP contribution in [-0.2, 0) is 6.54 Å². The molecule has 2 aromatic carbocycles. The molecule has 2 atom stereocenters. The van der Waals surface area contributed by atoms with Gasteiger partial charge in [0, 0.05) is 30.6 Å². The Hall–Kier alpha value is -2.33. The predicted molar refractivity (Wildman–Crippen MR) is 121 cm³/mol. The van der Waals surface area contributed by atoms with Gasteiger partial charge in [0.1, 0.15) is 11.4 Å². The Balaban J connectivity index is 1.44. The summed E-state index contributed by atoms with van der Waals surface area (Å²) in [4.78, 5) is 15.5. The van der Waals surface area contributed by atoms with Gasteiger partial charge in [0.15, 0.2) is 0 Å². The van der Waals surface area contributed by atoms with Crippen LogP contribution < -0.4 is 10.1 Å². The zero-order valence-electron chi connectivity index (χ0n) is 18.7. The normalized spacial score (nSPS) is 23.3. The van der Waals surface area contributed by atoms with Crippen molar-refractivity contribution in [3.8, 4) is 5.75 Å². The number of amides is 1. The largest absolute Gasteiger partial charge is 0.487 e. The van der Waals surface area contributed by atoms with E-state index in [0.29, 0.717) is 5.56 Å². The number of ether oxygens (including phenoxy) is 1. The molecule has 1 amide bonds. The van der Waals surface area contributed by atoms with Crippen molar-refractivity contribution in [2.75, 3.05) is 13.1 Å². The summed E-state index contributed by atoms with van der Waals surface area (Å²) in [5.74, 6) is 1.63. The van der Waals surface area contributed by atoms with E-state index in [0.717, 1.165) is 35.8 Å². The number of hydrogen-bond acceptors (Lipinski definition) is 3. The van der Waals surface area contributed by atoms with E-state index < -0.39 is 0 Å². The summed E-state index contributed by atoms with van der Waals surface area (Å²) in [6.07, 6.45) is 3.37. The molecule has 0 bridgehead atoms. The Labute approximate surface area is 180 Å². The topological polar surface area (TPSA) is 41.6 Å². The fourth-order valence-corrected chi connectivity index (χ4v) is 4.78. The predicted octanol–water partition coefficient (Wildman–Crippen LogP) is 5.26. The fraction of sp³-hybridized carbons (Fsp3) is 0.500. The highest BCUT2D eigenvalue weighted by Crippen LogP contribution is 2.40. The highest BCUT2D eigenvalue weighted by Gasteiger charge is 2.34. The lowest BCUT2D eigenvalue weighted by Gasteiger charge is -2.38. The first kappa shape index (κ1) is 20.9. The molecule has 2 heterocycles. The second-order valence-corrected chi connectivity index (χ2v) is 9.81. The van der Waals surface area contributed by atoms with Crippen LogP contribution >= 0.6 is 0 Å². The maximum Gasteiger partial charge on any atom is 0.251 e. The molecule has 0 spiro atoms. The van der Waals surface area contributed by atoms with Gasteiger partial charge in [0.25, 0.3) is 5.91 Å². The summed E-state index contributed by atoms with van der Waals surface area (Å²) in [5.41, 5.74) is 3.89. The SMILES string of the molecule is Cc1ccc2c(c1)OC(C)(C)C[C@@H]2NC(=O)c1ccc(CN2CCC[C@@H](C)C2)cc1. The van der Waals surface area contributed by atoms with Gasteiger partial charge in [-0.05, 0) is 75.4 Å². The lowest BCUT2D eigenvalue weighted by atomic mass is 9.89. The van der Waals surface area contributed by atoms with E-state index in [1.807, 2.05) is 12.1 Å². The lowest BCUT2D eigenvalue weighted by molar-refractivity contribution is 0.0619. The highest BCUT2D eigenvalue weighted by atomic mass is 16.5. The van der Waals surface area contributed by atoms with Crippen LogP contribution in [0.25, 0.3) is 0 Å². The van der Waals surface area contributed by atoms with E-state index in [1.165, 1.54) is 31.5 Å². The number of fused-ring (bicyclic) bond motifs is 1. The summed E-state index contributed by atoms with van der Waals surface area (Å²) >= 11 is 0. The van der Waals surface area contributed by atoms with Crippen molar-refractivity contribution < 1.29 is 9.53 Å². The fourth-order valence-electron chi connectivity index (χ4n) is 4.78. The van der Waals surface area contributed by atoms with Gasteiger partial charge in [-0.25, -0.2) is 0 Å². The van der Waals surface area contributed by atoms with E-state index >= 15 is 0 Å². The van der Waals surface area contributed by atoms with Crippen LogP contribution in [0.1, 0.15) is 73.1 Å². The quantitative estimate of drug-likeness (QED) is 0.753. The Morgan fingerprint density at radius 1 is 1.20 bits per heavy atom. The summed E-state index contributed by atoms with van der Waals surface area (Å²) in [7, 11) is 0. The molecule has 0 aromatic heterocycles. The molecule has 4 heteroatoms. The van der Waals surface area contributed by atoms with E-state index in [1.54, 1.807) is 0 Å². The van der Waals surface area contributed by atoms with E-state index in [4.69, 9.17) is 4.74 Å². The molecule has 4 rings (SSSR count). The van der Waals surface area contributed by atoms with Crippen molar-refractivity contribution in [2.24, 2.45) is 5.92 Å². The van der Waals surface area contributed by atoms with Crippen molar-refractivity contribution in [3.05, 3.63) is 64.7 Å². The van der Waals surface area contributed by atoms with Crippen molar-refractivity contribution in [1.82, 2.24) is 10.2 Å².